The Morgan fingerprint density at radius 3 is 2.12 bits per heavy atom. The Labute approximate surface area is 251 Å². The fourth-order valence-corrected chi connectivity index (χ4v) is 7.04. The zero-order chi connectivity index (χ0) is 30.3. The molecular weight excluding hydrogens is 551 g/mol. The van der Waals surface area contributed by atoms with E-state index in [1.54, 1.807) is 0 Å². The second kappa shape index (κ2) is 17.9. The smallest absolute Gasteiger partial charge is 0.309 e. The predicted octanol–water partition coefficient (Wildman–Crippen LogP) is 5.70. The van der Waals surface area contributed by atoms with Crippen molar-refractivity contribution in [1.29, 1.82) is 0 Å². The van der Waals surface area contributed by atoms with E-state index in [2.05, 4.69) is 10.6 Å². The van der Waals surface area contributed by atoms with Gasteiger partial charge in [0.05, 0.1) is 13.0 Å². The molecule has 0 radical (unpaired) electrons. The fourth-order valence-electron chi connectivity index (χ4n) is 5.48. The first-order valence-corrected chi connectivity index (χ1v) is 16.7. The van der Waals surface area contributed by atoms with Crippen molar-refractivity contribution < 1.29 is 28.2 Å². The number of esters is 1. The van der Waals surface area contributed by atoms with Gasteiger partial charge in [0.15, 0.2) is 8.03 Å². The summed E-state index contributed by atoms with van der Waals surface area (Å²) in [5, 5.41) is 5.90. The summed E-state index contributed by atoms with van der Waals surface area (Å²) in [6, 6.07) is 18.5. The van der Waals surface area contributed by atoms with E-state index in [0.29, 0.717) is 25.2 Å². The minimum atomic E-state index is -2.68. The number of aryl methyl sites for hydroxylation is 1. The summed E-state index contributed by atoms with van der Waals surface area (Å²) in [4.78, 5) is 38.9. The quantitative estimate of drug-likeness (QED) is 0.146. The molecule has 0 saturated heterocycles. The van der Waals surface area contributed by atoms with E-state index in [9.17, 15) is 18.9 Å². The number of carbonyl (C=O) groups is 3. The van der Waals surface area contributed by atoms with Crippen LogP contribution in [0.5, 0.6) is 0 Å². The van der Waals surface area contributed by atoms with Gasteiger partial charge < -0.3 is 19.9 Å². The van der Waals surface area contributed by atoms with Crippen molar-refractivity contribution in [3.8, 4) is 0 Å². The van der Waals surface area contributed by atoms with Crippen molar-refractivity contribution >= 4 is 25.8 Å². The number of carbonyl (C=O) groups excluding carboxylic acids is 3. The molecule has 1 saturated carbocycles. The highest BCUT2D eigenvalue weighted by atomic mass is 31.1. The summed E-state index contributed by atoms with van der Waals surface area (Å²) < 4.78 is 24.1. The molecule has 8 nitrogen and oxygen atoms in total. The van der Waals surface area contributed by atoms with Crippen LogP contribution in [0.15, 0.2) is 60.7 Å². The van der Waals surface area contributed by atoms with E-state index in [1.807, 2.05) is 74.5 Å². The van der Waals surface area contributed by atoms with Gasteiger partial charge in [0, 0.05) is 19.0 Å². The number of ether oxygens (including phenoxy) is 1. The van der Waals surface area contributed by atoms with Crippen molar-refractivity contribution in [2.45, 2.75) is 83.9 Å². The summed E-state index contributed by atoms with van der Waals surface area (Å²) >= 11 is 0. The van der Waals surface area contributed by atoms with E-state index in [4.69, 9.17) is 9.26 Å². The maximum absolute atomic E-state index is 13.7. The average Bonchev–Trinajstić information content (AvgIpc) is 2.99. The van der Waals surface area contributed by atoms with Crippen molar-refractivity contribution in [2.24, 2.45) is 17.8 Å². The third-order valence-corrected chi connectivity index (χ3v) is 9.28. The lowest BCUT2D eigenvalue weighted by Crippen LogP contribution is -2.51. The highest BCUT2D eigenvalue weighted by molar-refractivity contribution is 7.39. The lowest BCUT2D eigenvalue weighted by molar-refractivity contribution is -0.146. The summed E-state index contributed by atoms with van der Waals surface area (Å²) in [5.41, 5.74) is 1.96. The first-order valence-electron chi connectivity index (χ1n) is 15.2. The van der Waals surface area contributed by atoms with E-state index < -0.39 is 32.2 Å². The van der Waals surface area contributed by atoms with Crippen LogP contribution in [0.1, 0.15) is 69.9 Å². The van der Waals surface area contributed by atoms with Gasteiger partial charge in [-0.2, -0.15) is 0 Å². The van der Waals surface area contributed by atoms with Crippen LogP contribution in [0.3, 0.4) is 0 Å². The van der Waals surface area contributed by atoms with E-state index in [1.165, 1.54) is 13.5 Å². The Hall–Kier alpha value is -2.96. The molecule has 4 unspecified atom stereocenters. The van der Waals surface area contributed by atoms with Gasteiger partial charge in [-0.3, -0.25) is 18.9 Å². The maximum Gasteiger partial charge on any atom is 0.309 e. The summed E-state index contributed by atoms with van der Waals surface area (Å²) in [6.07, 6.45) is 6.41. The Morgan fingerprint density at radius 2 is 1.52 bits per heavy atom. The first-order chi connectivity index (χ1) is 20.2. The Kier molecular flexibility index (Phi) is 14.3. The molecule has 2 aromatic carbocycles. The van der Waals surface area contributed by atoms with Crippen LogP contribution in [0.25, 0.3) is 0 Å². The molecule has 3 rings (SSSR count). The van der Waals surface area contributed by atoms with E-state index in [-0.39, 0.29) is 30.3 Å². The third kappa shape index (κ3) is 11.7. The largest absolute Gasteiger partial charge is 0.469 e. The molecule has 0 bridgehead atoms. The van der Waals surface area contributed by atoms with E-state index in [0.717, 1.165) is 36.8 Å². The number of rotatable bonds is 16. The summed E-state index contributed by atoms with van der Waals surface area (Å²) in [7, 11) is -1.36. The van der Waals surface area contributed by atoms with E-state index >= 15 is 0 Å². The molecule has 0 spiro atoms. The molecule has 0 heterocycles. The molecule has 0 aliphatic heterocycles. The van der Waals surface area contributed by atoms with Crippen molar-refractivity contribution in [3.05, 3.63) is 71.8 Å². The zero-order valence-corrected chi connectivity index (χ0v) is 26.2. The third-order valence-electron chi connectivity index (χ3n) is 7.96. The minimum Gasteiger partial charge on any atom is -0.469 e. The lowest BCUT2D eigenvalue weighted by atomic mass is 9.86. The Balaban J connectivity index is 1.72. The molecule has 2 aromatic rings. The topological polar surface area (TPSA) is 111 Å². The van der Waals surface area contributed by atoms with Gasteiger partial charge in [0.25, 0.3) is 0 Å². The van der Waals surface area contributed by atoms with Gasteiger partial charge >= 0.3 is 5.97 Å². The Bertz CT molecular complexity index is 1140. The van der Waals surface area contributed by atoms with Crippen molar-refractivity contribution in [1.82, 2.24) is 10.6 Å². The van der Waals surface area contributed by atoms with Crippen molar-refractivity contribution in [2.75, 3.05) is 13.3 Å². The molecule has 2 N–H and O–H groups in total. The fraction of sp³-hybridized carbons (Fsp3) is 0.545. The number of hydrogen-bond donors (Lipinski definition) is 2. The van der Waals surface area contributed by atoms with Crippen LogP contribution in [-0.2, 0) is 41.1 Å². The molecule has 1 aliphatic rings. The monoisotopic (exact) mass is 598 g/mol. The molecular formula is C33H47N2O6P. The van der Waals surface area contributed by atoms with Gasteiger partial charge in [-0.25, -0.2) is 0 Å². The second-order valence-electron chi connectivity index (χ2n) is 11.6. The van der Waals surface area contributed by atoms with Gasteiger partial charge in [-0.1, -0.05) is 107 Å². The average molecular weight is 599 g/mol. The molecule has 4 atom stereocenters. The molecule has 9 heteroatoms. The molecule has 230 valence electrons. The summed E-state index contributed by atoms with van der Waals surface area (Å²) in [5.74, 6) is -1.29. The molecule has 2 amide bonds. The summed E-state index contributed by atoms with van der Waals surface area (Å²) in [6.45, 7) is 3.76. The maximum atomic E-state index is 13.7. The van der Waals surface area contributed by atoms with Crippen LogP contribution >= 0.6 is 8.03 Å². The van der Waals surface area contributed by atoms with Gasteiger partial charge in [0.1, 0.15) is 12.3 Å². The predicted molar refractivity (Wildman–Crippen MR) is 165 cm³/mol. The van der Waals surface area contributed by atoms with Crippen LogP contribution in [0, 0.1) is 17.8 Å². The second-order valence-corrected chi connectivity index (χ2v) is 13.0. The number of amides is 2. The van der Waals surface area contributed by atoms with Crippen LogP contribution < -0.4 is 10.6 Å². The van der Waals surface area contributed by atoms with Crippen LogP contribution in [-0.4, -0.2) is 43.3 Å². The van der Waals surface area contributed by atoms with Crippen LogP contribution in [0.2, 0.25) is 0 Å². The SMILES string of the molecule is COC(=O)C(C[PH](=O)OC(CC1CCCCC1)NC(=O)C(Cc1ccccc1)NC(=O)CCc1ccccc1)C(C)C. The number of nitrogens with one attached hydrogen (secondary N) is 2. The highest BCUT2D eigenvalue weighted by Gasteiger charge is 2.30. The van der Waals surface area contributed by atoms with Gasteiger partial charge in [0.2, 0.25) is 11.8 Å². The minimum absolute atomic E-state index is 0.0513. The first kappa shape index (κ1) is 33.5. The van der Waals surface area contributed by atoms with Gasteiger partial charge in [-0.05, 0) is 35.8 Å². The lowest BCUT2D eigenvalue weighted by Gasteiger charge is -2.29. The number of hydrogen-bond acceptors (Lipinski definition) is 6. The zero-order valence-electron chi connectivity index (χ0n) is 25.2. The number of benzene rings is 2. The molecule has 0 aromatic heterocycles. The molecule has 1 aliphatic carbocycles. The van der Waals surface area contributed by atoms with Gasteiger partial charge in [-0.15, -0.1) is 0 Å². The standard InChI is InChI=1S/C33H47N2O6P/c1-24(2)28(33(38)40-3)23-42(39)41-31(22-27-17-11-6-12-18-27)35-32(37)29(21-26-15-9-5-10-16-26)34-30(36)20-19-25-13-7-4-8-14-25/h4-5,7-10,13-16,24,27-29,31,42H,6,11-12,17-23H2,1-3H3,(H,34,36)(H,35,37). The molecule has 1 fully saturated rings. The highest BCUT2D eigenvalue weighted by Crippen LogP contribution is 2.34. The Morgan fingerprint density at radius 1 is 0.905 bits per heavy atom. The van der Waals surface area contributed by atoms with Crippen molar-refractivity contribution in [3.63, 3.8) is 0 Å². The number of methoxy groups -OCH3 is 1. The molecule has 42 heavy (non-hydrogen) atoms. The normalized spacial score (nSPS) is 16.7. The van der Waals surface area contributed by atoms with Crippen LogP contribution in [0.4, 0.5) is 0 Å².